The molecule has 0 aromatic heterocycles. The third kappa shape index (κ3) is 9.24. The molecule has 0 saturated carbocycles. The molecule has 0 bridgehead atoms. The Morgan fingerprint density at radius 1 is 1.00 bits per heavy atom. The molecule has 0 spiro atoms. The van der Waals surface area contributed by atoms with Crippen LogP contribution in [0.4, 0.5) is 13.2 Å². The molecule has 2 aromatic rings. The van der Waals surface area contributed by atoms with E-state index in [9.17, 15) is 18.0 Å². The van der Waals surface area contributed by atoms with E-state index < -0.39 is 11.7 Å². The molecule has 216 valence electrons. The van der Waals surface area contributed by atoms with E-state index in [-0.39, 0.29) is 5.91 Å². The van der Waals surface area contributed by atoms with Crippen molar-refractivity contribution in [3.63, 3.8) is 0 Å². The molecule has 1 amide bonds. The van der Waals surface area contributed by atoms with Crippen LogP contribution in [-0.2, 0) is 12.6 Å². The summed E-state index contributed by atoms with van der Waals surface area (Å²) in [4.78, 5) is 16.8. The number of alkyl halides is 3. The lowest BCUT2D eigenvalue weighted by molar-refractivity contribution is -0.137. The lowest BCUT2D eigenvalue weighted by Crippen LogP contribution is -2.49. The number of halogens is 3. The number of amides is 1. The average molecular weight is 548 g/mol. The number of nitrogens with zero attached hydrogens (tertiary/aromatic N) is 2. The Hall–Kier alpha value is -2.58. The minimum atomic E-state index is -4.40. The second kappa shape index (κ2) is 14.7. The molecule has 3 rings (SSSR count). The number of nitrogens with one attached hydrogen (secondary N) is 1. The topological polar surface area (TPSA) is 44.8 Å². The van der Waals surface area contributed by atoms with E-state index in [4.69, 9.17) is 4.74 Å². The third-order valence-electron chi connectivity index (χ3n) is 7.86. The highest BCUT2D eigenvalue weighted by atomic mass is 19.4. The molecule has 1 atom stereocenters. The van der Waals surface area contributed by atoms with Gasteiger partial charge in [-0.1, -0.05) is 26.3 Å². The maximum Gasteiger partial charge on any atom is 0.416 e. The summed E-state index contributed by atoms with van der Waals surface area (Å²) in [7, 11) is 0. The Balaban J connectivity index is 1.39. The molecule has 2 aromatic carbocycles. The molecule has 8 heteroatoms. The van der Waals surface area contributed by atoms with Crippen LogP contribution >= 0.6 is 0 Å². The van der Waals surface area contributed by atoms with Gasteiger partial charge < -0.3 is 15.0 Å². The van der Waals surface area contributed by atoms with Crippen LogP contribution in [0.3, 0.4) is 0 Å². The quantitative estimate of drug-likeness (QED) is 0.307. The smallest absolute Gasteiger partial charge is 0.416 e. The summed E-state index contributed by atoms with van der Waals surface area (Å²) in [6, 6.07) is 8.72. The van der Waals surface area contributed by atoms with Crippen molar-refractivity contribution in [2.75, 3.05) is 52.4 Å². The fraction of sp³-hybridized carbons (Fsp3) is 0.581. The van der Waals surface area contributed by atoms with Gasteiger partial charge in [-0.05, 0) is 99.1 Å². The number of rotatable bonds is 13. The number of hydrogen-bond acceptors (Lipinski definition) is 4. The maximum absolute atomic E-state index is 12.8. The van der Waals surface area contributed by atoms with Crippen molar-refractivity contribution in [1.29, 1.82) is 0 Å². The highest BCUT2D eigenvalue weighted by molar-refractivity contribution is 5.94. The summed E-state index contributed by atoms with van der Waals surface area (Å²) < 4.78 is 44.5. The molecule has 0 radical (unpaired) electrons. The van der Waals surface area contributed by atoms with Crippen LogP contribution in [0, 0.1) is 19.8 Å². The Morgan fingerprint density at radius 3 is 2.33 bits per heavy atom. The molecule has 1 aliphatic rings. The molecule has 0 aliphatic carbocycles. The zero-order chi connectivity index (χ0) is 28.4. The normalized spacial score (nSPS) is 15.4. The van der Waals surface area contributed by atoms with E-state index in [1.54, 1.807) is 4.90 Å². The molecule has 1 N–H and O–H groups in total. The zero-order valence-corrected chi connectivity index (χ0v) is 23.9. The fourth-order valence-corrected chi connectivity index (χ4v) is 4.74. The number of carbonyl (C=O) groups is 1. The second-order valence-corrected chi connectivity index (χ2v) is 10.7. The minimum Gasteiger partial charge on any atom is -0.493 e. The monoisotopic (exact) mass is 547 g/mol. The largest absolute Gasteiger partial charge is 0.493 e. The molecule has 5 nitrogen and oxygen atoms in total. The van der Waals surface area contributed by atoms with Crippen molar-refractivity contribution in [3.05, 3.63) is 64.2 Å². The highest BCUT2D eigenvalue weighted by Crippen LogP contribution is 2.29. The first-order valence-electron chi connectivity index (χ1n) is 14.2. The first kappa shape index (κ1) is 31.0. The summed E-state index contributed by atoms with van der Waals surface area (Å²) in [6.45, 7) is 15.1. The number of carbonyl (C=O) groups excluding carboxylic acids is 1. The van der Waals surface area contributed by atoms with E-state index in [0.29, 0.717) is 18.7 Å². The number of ether oxygens (including phenoxy) is 1. The Kier molecular flexibility index (Phi) is 11.7. The van der Waals surface area contributed by atoms with Crippen molar-refractivity contribution >= 4 is 5.91 Å². The maximum atomic E-state index is 12.8. The van der Waals surface area contributed by atoms with Crippen molar-refractivity contribution in [2.24, 2.45) is 5.92 Å². The van der Waals surface area contributed by atoms with Gasteiger partial charge in [-0.3, -0.25) is 9.69 Å². The molecule has 1 aliphatic heterocycles. The first-order valence-corrected chi connectivity index (χ1v) is 14.2. The van der Waals surface area contributed by atoms with Crippen LogP contribution in [0.5, 0.6) is 5.75 Å². The van der Waals surface area contributed by atoms with Gasteiger partial charge in [0.1, 0.15) is 5.75 Å². The van der Waals surface area contributed by atoms with Gasteiger partial charge in [0.05, 0.1) is 12.2 Å². The number of unbranched alkanes of at least 4 members (excludes halogenated alkanes) is 1. The van der Waals surface area contributed by atoms with Gasteiger partial charge in [-0.2, -0.15) is 13.2 Å². The lowest BCUT2D eigenvalue weighted by Gasteiger charge is -2.35. The Bertz CT molecular complexity index is 1050. The van der Waals surface area contributed by atoms with Crippen LogP contribution in [0.1, 0.15) is 65.7 Å². The van der Waals surface area contributed by atoms with Gasteiger partial charge >= 0.3 is 6.18 Å². The molecular formula is C31H44F3N3O2. The minimum absolute atomic E-state index is 0.215. The summed E-state index contributed by atoms with van der Waals surface area (Å²) in [5, 5.41) is 3.51. The van der Waals surface area contributed by atoms with Gasteiger partial charge in [0.2, 0.25) is 0 Å². The predicted octanol–water partition coefficient (Wildman–Crippen LogP) is 6.12. The number of hydrogen-bond donors (Lipinski definition) is 1. The van der Waals surface area contributed by atoms with Gasteiger partial charge in [0.25, 0.3) is 5.91 Å². The molecule has 1 heterocycles. The Morgan fingerprint density at radius 2 is 1.69 bits per heavy atom. The summed E-state index contributed by atoms with van der Waals surface area (Å²) in [5.74, 6) is 1.46. The molecule has 1 fully saturated rings. The van der Waals surface area contributed by atoms with E-state index in [1.165, 1.54) is 35.2 Å². The molecule has 1 saturated heterocycles. The second-order valence-electron chi connectivity index (χ2n) is 10.7. The van der Waals surface area contributed by atoms with Gasteiger partial charge in [0.15, 0.2) is 0 Å². The van der Waals surface area contributed by atoms with Crippen LogP contribution in [0.2, 0.25) is 0 Å². The third-order valence-corrected chi connectivity index (χ3v) is 7.86. The zero-order valence-electron chi connectivity index (χ0n) is 23.9. The van der Waals surface area contributed by atoms with Crippen molar-refractivity contribution < 1.29 is 22.7 Å². The van der Waals surface area contributed by atoms with Crippen LogP contribution in [-0.4, -0.2) is 68.1 Å². The van der Waals surface area contributed by atoms with Crippen molar-refractivity contribution in [3.8, 4) is 5.75 Å². The van der Waals surface area contributed by atoms with Crippen LogP contribution in [0.25, 0.3) is 0 Å². The van der Waals surface area contributed by atoms with Crippen LogP contribution in [0.15, 0.2) is 36.4 Å². The fourth-order valence-electron chi connectivity index (χ4n) is 4.74. The van der Waals surface area contributed by atoms with Gasteiger partial charge in [-0.15, -0.1) is 0 Å². The standard InChI is InChI=1S/C31H44F3N3O2/c1-5-23(2)22-35-15-6-7-21-39-29-13-10-26(24(3)25(29)4)14-16-36-17-19-37(20-18-36)30(38)27-8-11-28(12-9-27)31(32,33)34/h8-13,23,35H,5-7,14-22H2,1-4H3. The first-order chi connectivity index (χ1) is 18.6. The predicted molar refractivity (Wildman–Crippen MR) is 150 cm³/mol. The van der Waals surface area contributed by atoms with E-state index in [2.05, 4.69) is 50.0 Å². The van der Waals surface area contributed by atoms with E-state index in [1.807, 2.05) is 0 Å². The van der Waals surface area contributed by atoms with Gasteiger partial charge in [0, 0.05) is 38.3 Å². The van der Waals surface area contributed by atoms with Crippen LogP contribution < -0.4 is 10.1 Å². The summed E-state index contributed by atoms with van der Waals surface area (Å²) >= 11 is 0. The van der Waals surface area contributed by atoms with E-state index in [0.717, 1.165) is 82.4 Å². The summed E-state index contributed by atoms with van der Waals surface area (Å²) in [5.41, 5.74) is 3.31. The molecule has 1 unspecified atom stereocenters. The SMILES string of the molecule is CCC(C)CNCCCCOc1ccc(CCN2CCN(C(=O)c3ccc(C(F)(F)F)cc3)CC2)c(C)c1C. The highest BCUT2D eigenvalue weighted by Gasteiger charge is 2.30. The average Bonchev–Trinajstić information content (AvgIpc) is 2.93. The molecule has 39 heavy (non-hydrogen) atoms. The van der Waals surface area contributed by atoms with Gasteiger partial charge in [-0.25, -0.2) is 0 Å². The lowest BCUT2D eigenvalue weighted by atomic mass is 9.99. The summed E-state index contributed by atoms with van der Waals surface area (Å²) in [6.07, 6.45) is -0.142. The number of piperazine rings is 1. The van der Waals surface area contributed by atoms with E-state index >= 15 is 0 Å². The van der Waals surface area contributed by atoms with Crippen molar-refractivity contribution in [1.82, 2.24) is 15.1 Å². The molecular weight excluding hydrogens is 503 g/mol. The number of benzene rings is 2. The Labute approximate surface area is 231 Å². The van der Waals surface area contributed by atoms with Crippen molar-refractivity contribution in [2.45, 2.75) is 59.6 Å².